The van der Waals surface area contributed by atoms with Gasteiger partial charge in [0.05, 0.1) is 4.90 Å². The maximum atomic E-state index is 13.2. The maximum absolute atomic E-state index is 13.2. The number of hydrogen-bond acceptors (Lipinski definition) is 3. The van der Waals surface area contributed by atoms with Gasteiger partial charge < -0.3 is 4.74 Å². The van der Waals surface area contributed by atoms with E-state index in [0.29, 0.717) is 12.5 Å². The van der Waals surface area contributed by atoms with Crippen molar-refractivity contribution in [3.8, 4) is 5.75 Å². The maximum Gasteiger partial charge on any atom is 0.311 e. The lowest BCUT2D eigenvalue weighted by molar-refractivity contribution is -0.134. The number of esters is 1. The van der Waals surface area contributed by atoms with Crippen LogP contribution >= 0.6 is 12.6 Å². The quantitative estimate of drug-likeness (QED) is 0.386. The lowest BCUT2D eigenvalue weighted by Crippen LogP contribution is -2.09. The molecular formula is C10H9F3O2S. The molecule has 1 rings (SSSR count). The second-order valence-electron chi connectivity index (χ2n) is 3.06. The molecule has 16 heavy (non-hydrogen) atoms. The summed E-state index contributed by atoms with van der Waals surface area (Å²) in [5.41, 5.74) is 0. The predicted octanol–water partition coefficient (Wildman–Crippen LogP) is 3.10. The molecule has 0 saturated carbocycles. The monoisotopic (exact) mass is 250 g/mol. The summed E-state index contributed by atoms with van der Waals surface area (Å²) in [6, 6.07) is 0.592. The van der Waals surface area contributed by atoms with Crippen molar-refractivity contribution in [2.75, 3.05) is 0 Å². The van der Waals surface area contributed by atoms with Crippen LogP contribution in [0.3, 0.4) is 0 Å². The van der Waals surface area contributed by atoms with Crippen molar-refractivity contribution in [1.29, 1.82) is 0 Å². The first kappa shape index (κ1) is 12.9. The summed E-state index contributed by atoms with van der Waals surface area (Å²) in [6.07, 6.45) is 0.543. The highest BCUT2D eigenvalue weighted by Crippen LogP contribution is 2.28. The van der Waals surface area contributed by atoms with Crippen LogP contribution < -0.4 is 4.74 Å². The number of carbonyl (C=O) groups is 1. The Hall–Kier alpha value is -1.17. The van der Waals surface area contributed by atoms with Crippen molar-refractivity contribution in [3.63, 3.8) is 0 Å². The molecule has 6 heteroatoms. The minimum Gasteiger partial charge on any atom is -0.423 e. The Bertz CT molecular complexity index is 421. The zero-order valence-electron chi connectivity index (χ0n) is 8.39. The van der Waals surface area contributed by atoms with Crippen molar-refractivity contribution in [1.82, 2.24) is 0 Å². The summed E-state index contributed by atoms with van der Waals surface area (Å²) in [5.74, 6) is -5.47. The van der Waals surface area contributed by atoms with Gasteiger partial charge in [-0.25, -0.2) is 8.78 Å². The fourth-order valence-corrected chi connectivity index (χ4v) is 1.18. The van der Waals surface area contributed by atoms with Crippen molar-refractivity contribution >= 4 is 18.6 Å². The normalized spacial score (nSPS) is 10.3. The molecular weight excluding hydrogens is 241 g/mol. The SMILES string of the molecule is CCCC(=O)Oc1cc(F)c(S)c(F)c1F. The minimum absolute atomic E-state index is 0.0469. The number of carbonyl (C=O) groups excluding carboxylic acids is 1. The summed E-state index contributed by atoms with van der Waals surface area (Å²) in [6.45, 7) is 1.72. The molecule has 0 atom stereocenters. The Kier molecular flexibility index (Phi) is 4.23. The number of halogens is 3. The van der Waals surface area contributed by atoms with E-state index in [9.17, 15) is 18.0 Å². The van der Waals surface area contributed by atoms with Crippen LogP contribution in [0.2, 0.25) is 0 Å². The molecule has 0 fully saturated rings. The third kappa shape index (κ3) is 2.69. The van der Waals surface area contributed by atoms with Crippen LogP contribution in [0.25, 0.3) is 0 Å². The zero-order chi connectivity index (χ0) is 12.3. The zero-order valence-corrected chi connectivity index (χ0v) is 9.28. The third-order valence-electron chi connectivity index (χ3n) is 1.78. The number of ether oxygens (including phenoxy) is 1. The number of benzene rings is 1. The molecule has 0 aliphatic heterocycles. The molecule has 0 aliphatic carbocycles. The first-order valence-electron chi connectivity index (χ1n) is 4.54. The fraction of sp³-hybridized carbons (Fsp3) is 0.300. The fourth-order valence-electron chi connectivity index (χ4n) is 1.02. The standard InChI is InChI=1S/C10H9F3O2S/c1-2-3-7(14)15-6-4-5(11)10(16)9(13)8(6)12/h4,16H,2-3H2,1H3. The molecule has 1 aromatic carbocycles. The van der Waals surface area contributed by atoms with E-state index in [1.165, 1.54) is 0 Å². The largest absolute Gasteiger partial charge is 0.423 e. The molecule has 0 amide bonds. The van der Waals surface area contributed by atoms with E-state index in [2.05, 4.69) is 17.4 Å². The Balaban J connectivity index is 3.02. The lowest BCUT2D eigenvalue weighted by Gasteiger charge is -2.07. The first-order valence-corrected chi connectivity index (χ1v) is 4.99. The topological polar surface area (TPSA) is 26.3 Å². The molecule has 2 nitrogen and oxygen atoms in total. The van der Waals surface area contributed by atoms with E-state index >= 15 is 0 Å². The van der Waals surface area contributed by atoms with Gasteiger partial charge in [-0.3, -0.25) is 4.79 Å². The molecule has 0 N–H and O–H groups in total. The molecule has 0 saturated heterocycles. The Labute approximate surface area is 95.8 Å². The molecule has 0 aromatic heterocycles. The van der Waals surface area contributed by atoms with Gasteiger partial charge in [-0.15, -0.1) is 12.6 Å². The van der Waals surface area contributed by atoms with E-state index in [1.54, 1.807) is 6.92 Å². The summed E-state index contributed by atoms with van der Waals surface area (Å²) in [5, 5.41) is 0. The van der Waals surface area contributed by atoms with Gasteiger partial charge in [-0.1, -0.05) is 6.92 Å². The highest BCUT2D eigenvalue weighted by molar-refractivity contribution is 7.80. The van der Waals surface area contributed by atoms with Crippen molar-refractivity contribution in [2.45, 2.75) is 24.7 Å². The molecule has 0 unspecified atom stereocenters. The van der Waals surface area contributed by atoms with Gasteiger partial charge in [-0.05, 0) is 6.42 Å². The van der Waals surface area contributed by atoms with Gasteiger partial charge in [-0.2, -0.15) is 4.39 Å². The van der Waals surface area contributed by atoms with Crippen LogP contribution in [0.5, 0.6) is 5.75 Å². The highest BCUT2D eigenvalue weighted by Gasteiger charge is 2.19. The van der Waals surface area contributed by atoms with Gasteiger partial charge in [0.15, 0.2) is 11.6 Å². The van der Waals surface area contributed by atoms with Crippen LogP contribution in [0.1, 0.15) is 19.8 Å². The Morgan fingerprint density at radius 2 is 2.00 bits per heavy atom. The second kappa shape index (κ2) is 5.25. The summed E-state index contributed by atoms with van der Waals surface area (Å²) in [7, 11) is 0. The molecule has 88 valence electrons. The van der Waals surface area contributed by atoms with E-state index in [4.69, 9.17) is 0 Å². The second-order valence-corrected chi connectivity index (χ2v) is 3.50. The molecule has 0 bridgehead atoms. The smallest absolute Gasteiger partial charge is 0.311 e. The van der Waals surface area contributed by atoms with Gasteiger partial charge >= 0.3 is 5.97 Å². The van der Waals surface area contributed by atoms with Crippen LogP contribution in [-0.4, -0.2) is 5.97 Å². The van der Waals surface area contributed by atoms with Gasteiger partial charge in [0.2, 0.25) is 5.82 Å². The van der Waals surface area contributed by atoms with Crippen LogP contribution in [0, 0.1) is 17.5 Å². The van der Waals surface area contributed by atoms with Gasteiger partial charge in [0.25, 0.3) is 0 Å². The average Bonchev–Trinajstić information content (AvgIpc) is 2.23. The van der Waals surface area contributed by atoms with Crippen LogP contribution in [0.4, 0.5) is 13.2 Å². The minimum atomic E-state index is -1.47. The number of thiol groups is 1. The lowest BCUT2D eigenvalue weighted by atomic mass is 10.3. The van der Waals surface area contributed by atoms with Crippen LogP contribution in [-0.2, 0) is 4.79 Å². The molecule has 0 aliphatic rings. The molecule has 0 heterocycles. The van der Waals surface area contributed by atoms with E-state index in [0.717, 1.165) is 0 Å². The molecule has 0 spiro atoms. The van der Waals surface area contributed by atoms with Crippen LogP contribution in [0.15, 0.2) is 11.0 Å². The van der Waals surface area contributed by atoms with Crippen molar-refractivity contribution in [2.24, 2.45) is 0 Å². The first-order chi connectivity index (χ1) is 7.47. The van der Waals surface area contributed by atoms with Gasteiger partial charge in [0.1, 0.15) is 5.82 Å². The summed E-state index contributed by atoms with van der Waals surface area (Å²) < 4.78 is 43.6. The van der Waals surface area contributed by atoms with E-state index < -0.39 is 34.1 Å². The van der Waals surface area contributed by atoms with E-state index in [-0.39, 0.29) is 6.42 Å². The number of rotatable bonds is 3. The van der Waals surface area contributed by atoms with E-state index in [1.807, 2.05) is 0 Å². The summed E-state index contributed by atoms with van der Waals surface area (Å²) >= 11 is 3.43. The highest BCUT2D eigenvalue weighted by atomic mass is 32.1. The summed E-state index contributed by atoms with van der Waals surface area (Å²) in [4.78, 5) is 10.3. The Morgan fingerprint density at radius 1 is 1.38 bits per heavy atom. The molecule has 0 radical (unpaired) electrons. The average molecular weight is 250 g/mol. The van der Waals surface area contributed by atoms with Crippen molar-refractivity contribution in [3.05, 3.63) is 23.5 Å². The number of hydrogen-bond donors (Lipinski definition) is 1. The Morgan fingerprint density at radius 3 is 2.56 bits per heavy atom. The van der Waals surface area contributed by atoms with Gasteiger partial charge in [0, 0.05) is 12.5 Å². The third-order valence-corrected chi connectivity index (χ3v) is 2.19. The van der Waals surface area contributed by atoms with Crippen molar-refractivity contribution < 1.29 is 22.7 Å². The molecule has 1 aromatic rings. The predicted molar refractivity (Wildman–Crippen MR) is 54.1 cm³/mol.